The van der Waals surface area contributed by atoms with Crippen LogP contribution in [0.1, 0.15) is 22.9 Å². The molecule has 0 atom stereocenters. The van der Waals surface area contributed by atoms with E-state index in [1.54, 1.807) is 32.4 Å². The minimum absolute atomic E-state index is 0.242. The van der Waals surface area contributed by atoms with Crippen LogP contribution in [0, 0.1) is 13.8 Å². The summed E-state index contributed by atoms with van der Waals surface area (Å²) in [6.07, 6.45) is 0.242. The van der Waals surface area contributed by atoms with E-state index in [2.05, 4.69) is 27.3 Å². The van der Waals surface area contributed by atoms with Crippen molar-refractivity contribution in [3.8, 4) is 34.3 Å². The molecule has 0 unspecified atom stereocenters. The average molecular weight is 392 g/mol. The molecule has 0 saturated carbocycles. The number of benzene rings is 2. The van der Waals surface area contributed by atoms with Crippen LogP contribution >= 0.6 is 0 Å². The SMILES string of the molecule is COc1cc(OC)cc(-c2nnc(Cc3nc(-c4ccc(C)c(C)c4)no3)o2)c1. The van der Waals surface area contributed by atoms with E-state index in [0.29, 0.717) is 40.6 Å². The molecule has 0 amide bonds. The Kier molecular flexibility index (Phi) is 4.99. The summed E-state index contributed by atoms with van der Waals surface area (Å²) < 4.78 is 21.7. The highest BCUT2D eigenvalue weighted by Crippen LogP contribution is 2.29. The van der Waals surface area contributed by atoms with E-state index < -0.39 is 0 Å². The monoisotopic (exact) mass is 392 g/mol. The van der Waals surface area contributed by atoms with Crippen molar-refractivity contribution < 1.29 is 18.4 Å². The Morgan fingerprint density at radius 2 is 1.59 bits per heavy atom. The van der Waals surface area contributed by atoms with Crippen molar-refractivity contribution in [1.82, 2.24) is 20.3 Å². The van der Waals surface area contributed by atoms with Gasteiger partial charge in [-0.2, -0.15) is 4.98 Å². The minimum atomic E-state index is 0.242. The van der Waals surface area contributed by atoms with Gasteiger partial charge in [0.1, 0.15) is 17.9 Å². The van der Waals surface area contributed by atoms with Crippen LogP contribution in [-0.2, 0) is 6.42 Å². The third-order valence-corrected chi connectivity index (χ3v) is 4.60. The summed E-state index contributed by atoms with van der Waals surface area (Å²) in [4.78, 5) is 4.44. The maximum Gasteiger partial charge on any atom is 0.248 e. The van der Waals surface area contributed by atoms with Crippen LogP contribution in [0.4, 0.5) is 0 Å². The lowest BCUT2D eigenvalue weighted by Gasteiger charge is -2.05. The second-order valence-corrected chi connectivity index (χ2v) is 6.59. The number of aromatic nitrogens is 4. The van der Waals surface area contributed by atoms with Crippen molar-refractivity contribution in [2.24, 2.45) is 0 Å². The largest absolute Gasteiger partial charge is 0.497 e. The number of hydrogen-bond acceptors (Lipinski definition) is 8. The number of rotatable bonds is 6. The van der Waals surface area contributed by atoms with Gasteiger partial charge in [0.05, 0.1) is 14.2 Å². The fraction of sp³-hybridized carbons (Fsp3) is 0.238. The predicted molar refractivity (Wildman–Crippen MR) is 105 cm³/mol. The maximum atomic E-state index is 5.76. The average Bonchev–Trinajstić information content (AvgIpc) is 3.40. The Morgan fingerprint density at radius 1 is 0.828 bits per heavy atom. The summed E-state index contributed by atoms with van der Waals surface area (Å²) in [6.45, 7) is 4.11. The second-order valence-electron chi connectivity index (χ2n) is 6.59. The van der Waals surface area contributed by atoms with Gasteiger partial charge < -0.3 is 18.4 Å². The fourth-order valence-electron chi connectivity index (χ4n) is 2.83. The fourth-order valence-corrected chi connectivity index (χ4v) is 2.83. The Labute approximate surface area is 167 Å². The molecule has 29 heavy (non-hydrogen) atoms. The second kappa shape index (κ2) is 7.75. The van der Waals surface area contributed by atoms with E-state index in [4.69, 9.17) is 18.4 Å². The highest BCUT2D eigenvalue weighted by molar-refractivity contribution is 5.59. The lowest BCUT2D eigenvalue weighted by atomic mass is 10.1. The third-order valence-electron chi connectivity index (χ3n) is 4.60. The molecule has 8 heteroatoms. The Morgan fingerprint density at radius 3 is 2.28 bits per heavy atom. The van der Waals surface area contributed by atoms with Gasteiger partial charge in [-0.25, -0.2) is 0 Å². The lowest BCUT2D eigenvalue weighted by molar-refractivity contribution is 0.373. The zero-order chi connectivity index (χ0) is 20.4. The van der Waals surface area contributed by atoms with Crippen LogP contribution in [0.2, 0.25) is 0 Å². The van der Waals surface area contributed by atoms with Gasteiger partial charge in [-0.15, -0.1) is 10.2 Å². The van der Waals surface area contributed by atoms with Gasteiger partial charge in [0, 0.05) is 17.2 Å². The standard InChI is InChI=1S/C21H20N4O4/c1-12-5-6-14(7-13(12)2)20-22-18(29-25-20)11-19-23-24-21(28-19)15-8-16(26-3)10-17(9-15)27-4/h5-10H,11H2,1-4H3. The summed E-state index contributed by atoms with van der Waals surface area (Å²) >= 11 is 0. The molecule has 0 N–H and O–H groups in total. The quantitative estimate of drug-likeness (QED) is 0.486. The zero-order valence-corrected chi connectivity index (χ0v) is 16.6. The van der Waals surface area contributed by atoms with Crippen LogP contribution in [-0.4, -0.2) is 34.6 Å². The maximum absolute atomic E-state index is 5.76. The lowest BCUT2D eigenvalue weighted by Crippen LogP contribution is -1.89. The normalized spacial score (nSPS) is 10.9. The summed E-state index contributed by atoms with van der Waals surface area (Å²) in [7, 11) is 3.17. The number of hydrogen-bond donors (Lipinski definition) is 0. The van der Waals surface area contributed by atoms with Crippen molar-refractivity contribution in [3.05, 3.63) is 59.3 Å². The summed E-state index contributed by atoms with van der Waals surface area (Å²) in [5.41, 5.74) is 3.98. The van der Waals surface area contributed by atoms with Gasteiger partial charge in [-0.1, -0.05) is 17.3 Å². The molecule has 0 bridgehead atoms. The summed E-state index contributed by atoms with van der Waals surface area (Å²) in [6, 6.07) is 11.4. The molecular formula is C21H20N4O4. The van der Waals surface area contributed by atoms with E-state index in [9.17, 15) is 0 Å². The highest BCUT2D eigenvalue weighted by Gasteiger charge is 2.16. The molecule has 8 nitrogen and oxygen atoms in total. The van der Waals surface area contributed by atoms with Gasteiger partial charge in [0.25, 0.3) is 0 Å². The molecule has 2 heterocycles. The number of aryl methyl sites for hydroxylation is 2. The summed E-state index contributed by atoms with van der Waals surface area (Å²) in [5, 5.41) is 12.2. The van der Waals surface area contributed by atoms with E-state index in [0.717, 1.165) is 5.56 Å². The van der Waals surface area contributed by atoms with E-state index >= 15 is 0 Å². The van der Waals surface area contributed by atoms with Crippen LogP contribution in [0.25, 0.3) is 22.8 Å². The molecule has 0 radical (unpaired) electrons. The molecule has 0 aliphatic carbocycles. The van der Waals surface area contributed by atoms with Gasteiger partial charge in [0.2, 0.25) is 23.5 Å². The molecule has 4 aromatic rings. The number of nitrogens with zero attached hydrogens (tertiary/aromatic N) is 4. The molecule has 0 aliphatic heterocycles. The molecule has 0 fully saturated rings. The van der Waals surface area contributed by atoms with Crippen molar-refractivity contribution in [2.75, 3.05) is 14.2 Å². The minimum Gasteiger partial charge on any atom is -0.497 e. The number of ether oxygens (including phenoxy) is 2. The molecule has 2 aromatic carbocycles. The first-order valence-corrected chi connectivity index (χ1v) is 9.01. The van der Waals surface area contributed by atoms with Gasteiger partial charge in [-0.05, 0) is 43.2 Å². The first-order chi connectivity index (χ1) is 14.1. The molecule has 0 saturated heterocycles. The first-order valence-electron chi connectivity index (χ1n) is 9.01. The number of methoxy groups -OCH3 is 2. The topological polar surface area (TPSA) is 96.3 Å². The first kappa shape index (κ1) is 18.7. The molecule has 2 aromatic heterocycles. The van der Waals surface area contributed by atoms with Crippen molar-refractivity contribution in [3.63, 3.8) is 0 Å². The zero-order valence-electron chi connectivity index (χ0n) is 16.6. The van der Waals surface area contributed by atoms with Crippen LogP contribution in [0.5, 0.6) is 11.5 Å². The van der Waals surface area contributed by atoms with Crippen molar-refractivity contribution in [2.45, 2.75) is 20.3 Å². The van der Waals surface area contributed by atoms with Crippen molar-refractivity contribution >= 4 is 0 Å². The van der Waals surface area contributed by atoms with E-state index in [-0.39, 0.29) is 6.42 Å². The summed E-state index contributed by atoms with van der Waals surface area (Å²) in [5.74, 6) is 2.92. The molecule has 4 rings (SSSR count). The van der Waals surface area contributed by atoms with E-state index in [1.807, 2.05) is 25.1 Å². The van der Waals surface area contributed by atoms with Gasteiger partial charge >= 0.3 is 0 Å². The molecule has 148 valence electrons. The van der Waals surface area contributed by atoms with E-state index in [1.165, 1.54) is 11.1 Å². The molecular weight excluding hydrogens is 372 g/mol. The third kappa shape index (κ3) is 3.96. The van der Waals surface area contributed by atoms with Gasteiger partial charge in [0.15, 0.2) is 0 Å². The molecule has 0 spiro atoms. The molecule has 0 aliphatic rings. The van der Waals surface area contributed by atoms with Gasteiger partial charge in [-0.3, -0.25) is 0 Å². The van der Waals surface area contributed by atoms with Crippen molar-refractivity contribution in [1.29, 1.82) is 0 Å². The Balaban J connectivity index is 1.54. The Hall–Kier alpha value is -3.68. The highest BCUT2D eigenvalue weighted by atomic mass is 16.5. The van der Waals surface area contributed by atoms with Crippen LogP contribution < -0.4 is 9.47 Å². The van der Waals surface area contributed by atoms with Crippen LogP contribution in [0.3, 0.4) is 0 Å². The Bertz CT molecular complexity index is 1130. The predicted octanol–water partition coefficient (Wildman–Crippen LogP) is 4.01. The smallest absolute Gasteiger partial charge is 0.248 e. The van der Waals surface area contributed by atoms with Crippen LogP contribution in [0.15, 0.2) is 45.3 Å².